The zero-order chi connectivity index (χ0) is 14.8. The van der Waals surface area contributed by atoms with Crippen molar-refractivity contribution < 1.29 is 4.79 Å². The van der Waals surface area contributed by atoms with Gasteiger partial charge in [0.2, 0.25) is 0 Å². The SMILES string of the molecule is C=CC(=O)NN1CCC[C@H](c2nccc3[nH]c(C)nc23)C1. The van der Waals surface area contributed by atoms with Crippen molar-refractivity contribution in [1.82, 2.24) is 25.4 Å². The lowest BCUT2D eigenvalue weighted by atomic mass is 9.94. The number of imidazole rings is 1. The Morgan fingerprint density at radius 2 is 2.48 bits per heavy atom. The topological polar surface area (TPSA) is 73.9 Å². The van der Waals surface area contributed by atoms with E-state index in [2.05, 4.69) is 27.0 Å². The second-order valence-corrected chi connectivity index (χ2v) is 5.38. The number of nitrogens with one attached hydrogen (secondary N) is 2. The molecule has 3 rings (SSSR count). The highest BCUT2D eigenvalue weighted by Gasteiger charge is 2.25. The highest BCUT2D eigenvalue weighted by atomic mass is 16.2. The first-order valence-corrected chi connectivity index (χ1v) is 7.16. The number of carbonyl (C=O) groups excluding carboxylic acids is 1. The van der Waals surface area contributed by atoms with Crippen molar-refractivity contribution in [1.29, 1.82) is 0 Å². The van der Waals surface area contributed by atoms with Crippen molar-refractivity contribution >= 4 is 16.9 Å². The van der Waals surface area contributed by atoms with E-state index < -0.39 is 0 Å². The van der Waals surface area contributed by atoms with E-state index in [1.807, 2.05) is 24.2 Å². The summed E-state index contributed by atoms with van der Waals surface area (Å²) in [6.45, 7) is 7.03. The first-order valence-electron chi connectivity index (χ1n) is 7.16. The Balaban J connectivity index is 1.84. The van der Waals surface area contributed by atoms with Crippen molar-refractivity contribution in [3.8, 4) is 0 Å². The molecule has 0 aliphatic carbocycles. The van der Waals surface area contributed by atoms with Gasteiger partial charge in [0.05, 0.1) is 11.2 Å². The van der Waals surface area contributed by atoms with E-state index >= 15 is 0 Å². The zero-order valence-electron chi connectivity index (χ0n) is 12.1. The van der Waals surface area contributed by atoms with Crippen LogP contribution in [0.15, 0.2) is 24.9 Å². The van der Waals surface area contributed by atoms with Gasteiger partial charge in [0, 0.05) is 25.2 Å². The summed E-state index contributed by atoms with van der Waals surface area (Å²) < 4.78 is 0. The van der Waals surface area contributed by atoms with Gasteiger partial charge in [-0.3, -0.25) is 15.2 Å². The highest BCUT2D eigenvalue weighted by molar-refractivity contribution is 5.86. The molecule has 21 heavy (non-hydrogen) atoms. The summed E-state index contributed by atoms with van der Waals surface area (Å²) in [5.41, 5.74) is 5.81. The number of aryl methyl sites for hydroxylation is 1. The van der Waals surface area contributed by atoms with Gasteiger partial charge < -0.3 is 4.98 Å². The summed E-state index contributed by atoms with van der Waals surface area (Å²) >= 11 is 0. The number of amides is 1. The number of rotatable bonds is 3. The van der Waals surface area contributed by atoms with Gasteiger partial charge in [0.1, 0.15) is 11.3 Å². The highest BCUT2D eigenvalue weighted by Crippen LogP contribution is 2.29. The van der Waals surface area contributed by atoms with Crippen LogP contribution < -0.4 is 5.43 Å². The largest absolute Gasteiger partial charge is 0.342 e. The molecule has 1 fully saturated rings. The third-order valence-electron chi connectivity index (χ3n) is 3.81. The molecular weight excluding hydrogens is 266 g/mol. The Hall–Kier alpha value is -2.21. The number of aromatic amines is 1. The average Bonchev–Trinajstić information content (AvgIpc) is 2.87. The van der Waals surface area contributed by atoms with Gasteiger partial charge in [-0.2, -0.15) is 0 Å². The maximum Gasteiger partial charge on any atom is 0.257 e. The van der Waals surface area contributed by atoms with Gasteiger partial charge in [-0.1, -0.05) is 6.58 Å². The van der Waals surface area contributed by atoms with E-state index in [4.69, 9.17) is 0 Å². The monoisotopic (exact) mass is 285 g/mol. The standard InChI is InChI=1S/C15H19N5O/c1-3-13(21)19-20-8-4-5-11(9-20)14-15-12(6-7-16-14)17-10(2)18-15/h3,6-7,11H,1,4-5,8-9H2,2H3,(H,17,18)(H,19,21)/t11-/m0/s1. The lowest BCUT2D eigenvalue weighted by molar-refractivity contribution is -0.121. The van der Waals surface area contributed by atoms with Gasteiger partial charge in [-0.25, -0.2) is 9.99 Å². The number of H-pyrrole nitrogens is 1. The number of hydrogen-bond donors (Lipinski definition) is 2. The van der Waals surface area contributed by atoms with Crippen molar-refractivity contribution in [2.45, 2.75) is 25.7 Å². The molecule has 1 aliphatic rings. The molecule has 1 atom stereocenters. The van der Waals surface area contributed by atoms with Crippen molar-refractivity contribution in [2.24, 2.45) is 0 Å². The predicted molar refractivity (Wildman–Crippen MR) is 80.5 cm³/mol. The third-order valence-corrected chi connectivity index (χ3v) is 3.81. The molecule has 110 valence electrons. The maximum absolute atomic E-state index is 11.4. The van der Waals surface area contributed by atoms with E-state index in [1.165, 1.54) is 6.08 Å². The summed E-state index contributed by atoms with van der Waals surface area (Å²) in [7, 11) is 0. The van der Waals surface area contributed by atoms with E-state index in [0.717, 1.165) is 48.5 Å². The maximum atomic E-state index is 11.4. The lowest BCUT2D eigenvalue weighted by Crippen LogP contribution is -2.46. The molecule has 1 amide bonds. The molecule has 1 saturated heterocycles. The van der Waals surface area contributed by atoms with Crippen LogP contribution in [0.1, 0.15) is 30.3 Å². The molecule has 0 spiro atoms. The molecular formula is C15H19N5O. The van der Waals surface area contributed by atoms with Crippen LogP contribution in [0, 0.1) is 6.92 Å². The van der Waals surface area contributed by atoms with E-state index in [-0.39, 0.29) is 11.8 Å². The number of pyridine rings is 1. The Morgan fingerprint density at radius 3 is 3.29 bits per heavy atom. The normalized spacial score (nSPS) is 19.6. The second kappa shape index (κ2) is 5.65. The average molecular weight is 285 g/mol. The van der Waals surface area contributed by atoms with Crippen molar-refractivity contribution in [3.05, 3.63) is 36.4 Å². The van der Waals surface area contributed by atoms with Gasteiger partial charge in [0.25, 0.3) is 5.91 Å². The molecule has 0 saturated carbocycles. The number of hydrazine groups is 1. The van der Waals surface area contributed by atoms with Crippen LogP contribution in [-0.2, 0) is 4.79 Å². The summed E-state index contributed by atoms with van der Waals surface area (Å²) in [6.07, 6.45) is 5.18. The van der Waals surface area contributed by atoms with Crippen LogP contribution in [0.2, 0.25) is 0 Å². The zero-order valence-corrected chi connectivity index (χ0v) is 12.1. The molecule has 2 aromatic heterocycles. The molecule has 0 radical (unpaired) electrons. The summed E-state index contributed by atoms with van der Waals surface area (Å²) in [6, 6.07) is 1.94. The van der Waals surface area contributed by atoms with Crippen molar-refractivity contribution in [3.63, 3.8) is 0 Å². The van der Waals surface area contributed by atoms with E-state index in [1.54, 1.807) is 0 Å². The second-order valence-electron chi connectivity index (χ2n) is 5.38. The number of carbonyl (C=O) groups is 1. The lowest BCUT2D eigenvalue weighted by Gasteiger charge is -2.32. The molecule has 2 aromatic rings. The van der Waals surface area contributed by atoms with Crippen LogP contribution >= 0.6 is 0 Å². The number of nitrogens with zero attached hydrogens (tertiary/aromatic N) is 3. The fraction of sp³-hybridized carbons (Fsp3) is 0.400. The van der Waals surface area contributed by atoms with Crippen LogP contribution in [0.4, 0.5) is 0 Å². The van der Waals surface area contributed by atoms with Crippen molar-refractivity contribution in [2.75, 3.05) is 13.1 Å². The minimum Gasteiger partial charge on any atom is -0.342 e. The van der Waals surface area contributed by atoms with Gasteiger partial charge >= 0.3 is 0 Å². The number of hydrogen-bond acceptors (Lipinski definition) is 4. The Labute approximate surface area is 123 Å². The number of piperidine rings is 1. The molecule has 1 aliphatic heterocycles. The Kier molecular flexibility index (Phi) is 3.70. The summed E-state index contributed by atoms with van der Waals surface area (Å²) in [5, 5.41) is 1.94. The van der Waals surface area contributed by atoms with E-state index in [9.17, 15) is 4.79 Å². The fourth-order valence-electron chi connectivity index (χ4n) is 2.88. The third kappa shape index (κ3) is 2.80. The number of aromatic nitrogens is 3. The van der Waals surface area contributed by atoms with Crippen LogP contribution in [0.5, 0.6) is 0 Å². The van der Waals surface area contributed by atoms with Crippen LogP contribution in [0.3, 0.4) is 0 Å². The molecule has 6 heteroatoms. The fourth-order valence-corrected chi connectivity index (χ4v) is 2.88. The molecule has 0 bridgehead atoms. The minimum atomic E-state index is -0.169. The predicted octanol–water partition coefficient (Wildman–Crippen LogP) is 1.66. The Morgan fingerprint density at radius 1 is 1.62 bits per heavy atom. The van der Waals surface area contributed by atoms with E-state index in [0.29, 0.717) is 0 Å². The molecule has 6 nitrogen and oxygen atoms in total. The molecule has 3 heterocycles. The van der Waals surface area contributed by atoms with Gasteiger partial charge in [-0.15, -0.1) is 0 Å². The minimum absolute atomic E-state index is 0.169. The molecule has 0 unspecified atom stereocenters. The summed E-state index contributed by atoms with van der Waals surface area (Å²) in [4.78, 5) is 23.8. The first-order chi connectivity index (χ1) is 10.2. The van der Waals surface area contributed by atoms with Gasteiger partial charge in [0.15, 0.2) is 0 Å². The van der Waals surface area contributed by atoms with Crippen LogP contribution in [-0.4, -0.2) is 39.0 Å². The summed E-state index contributed by atoms with van der Waals surface area (Å²) in [5.74, 6) is 1.000. The quantitative estimate of drug-likeness (QED) is 0.841. The van der Waals surface area contributed by atoms with Crippen LogP contribution in [0.25, 0.3) is 11.0 Å². The van der Waals surface area contributed by atoms with Gasteiger partial charge in [-0.05, 0) is 31.9 Å². The smallest absolute Gasteiger partial charge is 0.257 e. The number of fused-ring (bicyclic) bond motifs is 1. The molecule has 0 aromatic carbocycles. The first kappa shape index (κ1) is 13.8. The molecule has 2 N–H and O–H groups in total. The Bertz CT molecular complexity index is 678.